The number of anilines is 2. The third-order valence-corrected chi connectivity index (χ3v) is 3.32. The van der Waals surface area contributed by atoms with Gasteiger partial charge < -0.3 is 15.7 Å². The Morgan fingerprint density at radius 2 is 2.00 bits per heavy atom. The number of benzene rings is 2. The van der Waals surface area contributed by atoms with Crippen LogP contribution in [-0.2, 0) is 6.54 Å². The molecule has 0 aromatic heterocycles. The van der Waals surface area contributed by atoms with Crippen LogP contribution in [-0.4, -0.2) is 17.6 Å². The van der Waals surface area contributed by atoms with Gasteiger partial charge in [0.2, 0.25) is 0 Å². The van der Waals surface area contributed by atoms with Gasteiger partial charge in [-0.25, -0.2) is 9.18 Å². The molecule has 0 aliphatic carbocycles. The Bertz CT molecular complexity index is 658. The summed E-state index contributed by atoms with van der Waals surface area (Å²) in [5, 5.41) is 8.95. The van der Waals surface area contributed by atoms with Gasteiger partial charge in [-0.1, -0.05) is 18.2 Å². The summed E-state index contributed by atoms with van der Waals surface area (Å²) in [5.41, 5.74) is 7.70. The van der Waals surface area contributed by atoms with E-state index in [1.54, 1.807) is 24.3 Å². The first-order chi connectivity index (χ1) is 10.0. The Morgan fingerprint density at radius 3 is 2.57 bits per heavy atom. The highest BCUT2D eigenvalue weighted by atomic mass is 19.1. The Labute approximate surface area is 122 Å². The maximum atomic E-state index is 13.7. The largest absolute Gasteiger partial charge is 0.478 e. The van der Waals surface area contributed by atoms with Gasteiger partial charge in [0.1, 0.15) is 5.82 Å². The molecule has 0 aliphatic rings. The summed E-state index contributed by atoms with van der Waals surface area (Å²) in [5.74, 6) is -1.29. The number of nitrogens with two attached hydrogens (primary N) is 1. The second kappa shape index (κ2) is 6.26. The minimum atomic E-state index is -1.02. The lowest BCUT2D eigenvalue weighted by molar-refractivity contribution is 0.0697. The Kier molecular flexibility index (Phi) is 4.42. The minimum Gasteiger partial charge on any atom is -0.478 e. The lowest BCUT2D eigenvalue weighted by Gasteiger charge is -2.25. The molecule has 2 rings (SSSR count). The number of rotatable bonds is 5. The molecular weight excluding hydrogens is 271 g/mol. The van der Waals surface area contributed by atoms with Gasteiger partial charge in [-0.2, -0.15) is 0 Å². The Morgan fingerprint density at radius 1 is 1.29 bits per heavy atom. The van der Waals surface area contributed by atoms with E-state index in [1.807, 2.05) is 11.8 Å². The van der Waals surface area contributed by atoms with E-state index in [1.165, 1.54) is 18.2 Å². The summed E-state index contributed by atoms with van der Waals surface area (Å²) >= 11 is 0. The number of carboxylic acids is 1. The van der Waals surface area contributed by atoms with Crippen molar-refractivity contribution in [2.75, 3.05) is 17.2 Å². The summed E-state index contributed by atoms with van der Waals surface area (Å²) in [6.07, 6.45) is 0. The van der Waals surface area contributed by atoms with Crippen LogP contribution in [0.15, 0.2) is 42.5 Å². The highest BCUT2D eigenvalue weighted by Gasteiger charge is 2.13. The van der Waals surface area contributed by atoms with E-state index in [9.17, 15) is 9.18 Å². The van der Waals surface area contributed by atoms with E-state index in [0.717, 1.165) is 0 Å². The molecule has 0 bridgehead atoms. The van der Waals surface area contributed by atoms with Crippen LogP contribution in [0.25, 0.3) is 0 Å². The van der Waals surface area contributed by atoms with E-state index in [2.05, 4.69) is 0 Å². The summed E-state index contributed by atoms with van der Waals surface area (Å²) in [4.78, 5) is 12.8. The Hall–Kier alpha value is -2.56. The van der Waals surface area contributed by atoms with Crippen LogP contribution in [0.4, 0.5) is 15.8 Å². The van der Waals surface area contributed by atoms with E-state index < -0.39 is 5.97 Å². The molecule has 0 atom stereocenters. The van der Waals surface area contributed by atoms with Gasteiger partial charge in [-0.05, 0) is 31.2 Å². The summed E-state index contributed by atoms with van der Waals surface area (Å²) < 4.78 is 13.7. The monoisotopic (exact) mass is 288 g/mol. The molecule has 3 N–H and O–H groups in total. The first-order valence-corrected chi connectivity index (χ1v) is 6.64. The summed E-state index contributed by atoms with van der Waals surface area (Å²) in [6, 6.07) is 11.1. The third-order valence-electron chi connectivity index (χ3n) is 3.32. The molecule has 0 heterocycles. The van der Waals surface area contributed by atoms with Gasteiger partial charge in [0, 0.05) is 18.7 Å². The lowest BCUT2D eigenvalue weighted by Crippen LogP contribution is -2.23. The first kappa shape index (κ1) is 14.8. The topological polar surface area (TPSA) is 66.6 Å². The maximum absolute atomic E-state index is 13.7. The average molecular weight is 288 g/mol. The van der Waals surface area contributed by atoms with Crippen LogP contribution >= 0.6 is 0 Å². The molecular formula is C16H17FN2O2. The van der Waals surface area contributed by atoms with E-state index in [4.69, 9.17) is 10.8 Å². The molecule has 0 aliphatic heterocycles. The molecule has 2 aromatic carbocycles. The fourth-order valence-corrected chi connectivity index (χ4v) is 2.18. The number of halogens is 1. The van der Waals surface area contributed by atoms with Crippen molar-refractivity contribution in [2.45, 2.75) is 13.5 Å². The number of hydrogen-bond donors (Lipinski definition) is 2. The van der Waals surface area contributed by atoms with Crippen LogP contribution < -0.4 is 10.6 Å². The second-order valence-electron chi connectivity index (χ2n) is 4.68. The lowest BCUT2D eigenvalue weighted by atomic mass is 10.1. The number of nitrogens with zero attached hydrogens (tertiary/aromatic N) is 1. The van der Waals surface area contributed by atoms with Crippen molar-refractivity contribution in [1.29, 1.82) is 0 Å². The van der Waals surface area contributed by atoms with Crippen molar-refractivity contribution in [3.8, 4) is 0 Å². The molecule has 0 amide bonds. The molecule has 5 heteroatoms. The van der Waals surface area contributed by atoms with Crippen LogP contribution in [0.5, 0.6) is 0 Å². The first-order valence-electron chi connectivity index (χ1n) is 6.64. The fraction of sp³-hybridized carbons (Fsp3) is 0.188. The predicted molar refractivity (Wildman–Crippen MR) is 80.9 cm³/mol. The minimum absolute atomic E-state index is 0.137. The van der Waals surface area contributed by atoms with Crippen molar-refractivity contribution in [1.82, 2.24) is 0 Å². The van der Waals surface area contributed by atoms with Crippen LogP contribution in [0.2, 0.25) is 0 Å². The third kappa shape index (κ3) is 3.31. The van der Waals surface area contributed by atoms with E-state index >= 15 is 0 Å². The van der Waals surface area contributed by atoms with Gasteiger partial charge >= 0.3 is 5.97 Å². The molecule has 2 aromatic rings. The molecule has 4 nitrogen and oxygen atoms in total. The zero-order valence-corrected chi connectivity index (χ0v) is 11.7. The number of carbonyl (C=O) groups is 1. The van der Waals surface area contributed by atoms with Crippen LogP contribution in [0, 0.1) is 5.82 Å². The highest BCUT2D eigenvalue weighted by molar-refractivity contribution is 5.90. The standard InChI is InChI=1S/C16H17FN2O2/c1-2-19(10-12-5-3-4-6-13(12)17)15-8-7-11(16(20)21)9-14(15)18/h3-9H,2,10,18H2,1H3,(H,20,21). The fourth-order valence-electron chi connectivity index (χ4n) is 2.18. The van der Waals surface area contributed by atoms with Crippen LogP contribution in [0.3, 0.4) is 0 Å². The number of carboxylic acid groups (broad SMARTS) is 1. The molecule has 0 fully saturated rings. The molecule has 0 saturated heterocycles. The van der Waals surface area contributed by atoms with Crippen molar-refractivity contribution in [2.24, 2.45) is 0 Å². The van der Waals surface area contributed by atoms with Gasteiger partial charge in [-0.3, -0.25) is 0 Å². The van der Waals surface area contributed by atoms with Crippen molar-refractivity contribution < 1.29 is 14.3 Å². The van der Waals surface area contributed by atoms with Gasteiger partial charge in [0.05, 0.1) is 16.9 Å². The molecule has 0 saturated carbocycles. The molecule has 0 radical (unpaired) electrons. The number of aromatic carboxylic acids is 1. The summed E-state index contributed by atoms with van der Waals surface area (Å²) in [6.45, 7) is 2.94. The van der Waals surface area contributed by atoms with Gasteiger partial charge in [0.15, 0.2) is 0 Å². The molecule has 110 valence electrons. The molecule has 0 spiro atoms. The smallest absolute Gasteiger partial charge is 0.335 e. The SMILES string of the molecule is CCN(Cc1ccccc1F)c1ccc(C(=O)O)cc1N. The van der Waals surface area contributed by atoms with Crippen LogP contribution in [0.1, 0.15) is 22.8 Å². The molecule has 0 unspecified atom stereocenters. The van der Waals surface area contributed by atoms with Gasteiger partial charge in [0.25, 0.3) is 0 Å². The second-order valence-corrected chi connectivity index (χ2v) is 4.68. The summed E-state index contributed by atoms with van der Waals surface area (Å²) in [7, 11) is 0. The maximum Gasteiger partial charge on any atom is 0.335 e. The number of hydrogen-bond acceptors (Lipinski definition) is 3. The van der Waals surface area contributed by atoms with E-state index in [-0.39, 0.29) is 11.4 Å². The average Bonchev–Trinajstić information content (AvgIpc) is 2.47. The van der Waals surface area contributed by atoms with E-state index in [0.29, 0.717) is 30.0 Å². The molecule has 21 heavy (non-hydrogen) atoms. The highest BCUT2D eigenvalue weighted by Crippen LogP contribution is 2.26. The predicted octanol–water partition coefficient (Wildman–Crippen LogP) is 3.13. The zero-order chi connectivity index (χ0) is 15.4. The quantitative estimate of drug-likeness (QED) is 0.829. The zero-order valence-electron chi connectivity index (χ0n) is 11.7. The van der Waals surface area contributed by atoms with Gasteiger partial charge in [-0.15, -0.1) is 0 Å². The van der Waals surface area contributed by atoms with Crippen molar-refractivity contribution in [3.63, 3.8) is 0 Å². The normalized spacial score (nSPS) is 10.4. The van der Waals surface area contributed by atoms with Crippen molar-refractivity contribution >= 4 is 17.3 Å². The Balaban J connectivity index is 2.30. The number of nitrogen functional groups attached to an aromatic ring is 1. The van der Waals surface area contributed by atoms with Crippen molar-refractivity contribution in [3.05, 3.63) is 59.4 Å².